The van der Waals surface area contributed by atoms with E-state index in [4.69, 9.17) is 14.2 Å². The second-order valence-corrected chi connectivity index (χ2v) is 6.49. The van der Waals surface area contributed by atoms with Gasteiger partial charge in [0, 0.05) is 37.8 Å². The summed E-state index contributed by atoms with van der Waals surface area (Å²) in [7, 11) is 3.13. The summed E-state index contributed by atoms with van der Waals surface area (Å²) in [5, 5.41) is 2.97. The largest absolute Gasteiger partial charge is 0.497 e. The molecule has 3 rings (SSSR count). The van der Waals surface area contributed by atoms with Gasteiger partial charge < -0.3 is 19.5 Å². The van der Waals surface area contributed by atoms with Crippen LogP contribution < -0.4 is 14.8 Å². The van der Waals surface area contributed by atoms with Gasteiger partial charge in [0.25, 0.3) is 5.91 Å². The Morgan fingerprint density at radius 2 is 1.70 bits per heavy atom. The lowest BCUT2D eigenvalue weighted by Gasteiger charge is -2.26. The van der Waals surface area contributed by atoms with Crippen LogP contribution in [0.4, 0.5) is 0 Å². The molecule has 6 heteroatoms. The Bertz CT molecular complexity index is 750. The normalized spacial score (nSPS) is 14.6. The molecule has 0 aliphatic carbocycles. The highest BCUT2D eigenvalue weighted by Gasteiger charge is 2.12. The van der Waals surface area contributed by atoms with E-state index in [0.717, 1.165) is 38.4 Å². The molecule has 27 heavy (non-hydrogen) atoms. The smallest absolute Gasteiger partial charge is 0.251 e. The molecule has 1 aliphatic heterocycles. The Labute approximate surface area is 160 Å². The Balaban J connectivity index is 1.61. The first-order valence-corrected chi connectivity index (χ1v) is 9.07. The maximum absolute atomic E-state index is 12.5. The summed E-state index contributed by atoms with van der Waals surface area (Å²) in [5.74, 6) is 1.02. The Kier molecular flexibility index (Phi) is 6.68. The van der Waals surface area contributed by atoms with Gasteiger partial charge >= 0.3 is 0 Å². The molecule has 0 atom stereocenters. The number of nitrogens with one attached hydrogen (secondary N) is 1. The summed E-state index contributed by atoms with van der Waals surface area (Å²) in [5.41, 5.74) is 2.83. The van der Waals surface area contributed by atoms with Crippen LogP contribution in [0.1, 0.15) is 21.5 Å². The van der Waals surface area contributed by atoms with Crippen molar-refractivity contribution >= 4 is 5.91 Å². The van der Waals surface area contributed by atoms with Crippen molar-refractivity contribution in [3.05, 3.63) is 59.2 Å². The molecule has 0 saturated carbocycles. The second kappa shape index (κ2) is 9.39. The van der Waals surface area contributed by atoms with Crippen molar-refractivity contribution in [3.63, 3.8) is 0 Å². The van der Waals surface area contributed by atoms with Gasteiger partial charge in [0.15, 0.2) is 0 Å². The van der Waals surface area contributed by atoms with Crippen molar-refractivity contribution in [3.8, 4) is 11.5 Å². The minimum atomic E-state index is -0.161. The molecule has 1 saturated heterocycles. The van der Waals surface area contributed by atoms with E-state index in [1.54, 1.807) is 32.4 Å². The number of ether oxygens (including phenoxy) is 3. The average molecular weight is 370 g/mol. The average Bonchev–Trinajstić information content (AvgIpc) is 2.72. The van der Waals surface area contributed by atoms with E-state index in [0.29, 0.717) is 23.6 Å². The molecule has 2 aromatic carbocycles. The lowest BCUT2D eigenvalue weighted by atomic mass is 10.1. The highest BCUT2D eigenvalue weighted by molar-refractivity contribution is 5.95. The van der Waals surface area contributed by atoms with E-state index in [1.807, 2.05) is 12.1 Å². The molecule has 1 heterocycles. The third-order valence-corrected chi connectivity index (χ3v) is 4.57. The Morgan fingerprint density at radius 3 is 2.37 bits per heavy atom. The zero-order valence-corrected chi connectivity index (χ0v) is 15.9. The van der Waals surface area contributed by atoms with Gasteiger partial charge in [-0.25, -0.2) is 0 Å². The lowest BCUT2D eigenvalue weighted by molar-refractivity contribution is 0.0342. The van der Waals surface area contributed by atoms with Gasteiger partial charge in [-0.2, -0.15) is 0 Å². The van der Waals surface area contributed by atoms with Crippen molar-refractivity contribution in [2.45, 2.75) is 13.1 Å². The standard InChI is InChI=1S/C21H26N2O4/c1-25-19-11-18(12-20(13-19)26-2)21(24)22-14-16-4-3-5-17(10-16)15-23-6-8-27-9-7-23/h3-5,10-13H,6-9,14-15H2,1-2H3,(H,22,24). The summed E-state index contributed by atoms with van der Waals surface area (Å²) < 4.78 is 15.8. The first-order valence-electron chi connectivity index (χ1n) is 9.07. The van der Waals surface area contributed by atoms with Crippen LogP contribution in [-0.4, -0.2) is 51.3 Å². The summed E-state index contributed by atoms with van der Waals surface area (Å²) in [4.78, 5) is 14.9. The highest BCUT2D eigenvalue weighted by Crippen LogP contribution is 2.22. The minimum absolute atomic E-state index is 0.161. The van der Waals surface area contributed by atoms with Crippen molar-refractivity contribution in [1.29, 1.82) is 0 Å². The number of nitrogens with zero attached hydrogens (tertiary/aromatic N) is 1. The van der Waals surface area contributed by atoms with Crippen LogP contribution in [0.5, 0.6) is 11.5 Å². The number of rotatable bonds is 7. The maximum atomic E-state index is 12.5. The van der Waals surface area contributed by atoms with Crippen LogP contribution in [0.25, 0.3) is 0 Å². The van der Waals surface area contributed by atoms with Gasteiger partial charge in [-0.15, -0.1) is 0 Å². The summed E-state index contributed by atoms with van der Waals surface area (Å²) in [6, 6.07) is 13.5. The number of methoxy groups -OCH3 is 2. The monoisotopic (exact) mass is 370 g/mol. The van der Waals surface area contributed by atoms with E-state index < -0.39 is 0 Å². The van der Waals surface area contributed by atoms with Gasteiger partial charge in [-0.05, 0) is 23.3 Å². The zero-order chi connectivity index (χ0) is 19.1. The molecular weight excluding hydrogens is 344 g/mol. The number of benzene rings is 2. The first-order chi connectivity index (χ1) is 13.2. The van der Waals surface area contributed by atoms with Gasteiger partial charge in [-0.3, -0.25) is 9.69 Å². The molecule has 0 radical (unpaired) electrons. The molecule has 2 aromatic rings. The van der Waals surface area contributed by atoms with Crippen molar-refractivity contribution in [2.75, 3.05) is 40.5 Å². The third kappa shape index (κ3) is 5.45. The van der Waals surface area contributed by atoms with Gasteiger partial charge in [-0.1, -0.05) is 24.3 Å². The first kappa shape index (κ1) is 19.2. The van der Waals surface area contributed by atoms with E-state index in [2.05, 4.69) is 22.3 Å². The number of amides is 1. The van der Waals surface area contributed by atoms with E-state index in [1.165, 1.54) is 5.56 Å². The van der Waals surface area contributed by atoms with E-state index >= 15 is 0 Å². The molecule has 1 amide bonds. The molecule has 1 aliphatic rings. The Hall–Kier alpha value is -2.57. The number of carbonyl (C=O) groups excluding carboxylic acids is 1. The molecular formula is C21H26N2O4. The lowest BCUT2D eigenvalue weighted by Crippen LogP contribution is -2.35. The molecule has 0 bridgehead atoms. The quantitative estimate of drug-likeness (QED) is 0.811. The molecule has 0 aromatic heterocycles. The van der Waals surface area contributed by atoms with Crippen LogP contribution in [-0.2, 0) is 17.8 Å². The number of hydrogen-bond donors (Lipinski definition) is 1. The van der Waals surface area contributed by atoms with Crippen LogP contribution >= 0.6 is 0 Å². The highest BCUT2D eigenvalue weighted by atomic mass is 16.5. The van der Waals surface area contributed by atoms with Crippen LogP contribution in [0.2, 0.25) is 0 Å². The summed E-state index contributed by atoms with van der Waals surface area (Å²) >= 11 is 0. The fraction of sp³-hybridized carbons (Fsp3) is 0.381. The van der Waals surface area contributed by atoms with Crippen molar-refractivity contribution < 1.29 is 19.0 Å². The van der Waals surface area contributed by atoms with Gasteiger partial charge in [0.05, 0.1) is 27.4 Å². The summed E-state index contributed by atoms with van der Waals surface area (Å²) in [6.45, 7) is 4.87. The fourth-order valence-electron chi connectivity index (χ4n) is 3.08. The third-order valence-electron chi connectivity index (χ3n) is 4.57. The SMILES string of the molecule is COc1cc(OC)cc(C(=O)NCc2cccc(CN3CCOCC3)c2)c1. The predicted molar refractivity (Wildman–Crippen MR) is 103 cm³/mol. The topological polar surface area (TPSA) is 60.0 Å². The van der Waals surface area contributed by atoms with Crippen molar-refractivity contribution in [1.82, 2.24) is 10.2 Å². The number of morpholine rings is 1. The van der Waals surface area contributed by atoms with Crippen molar-refractivity contribution in [2.24, 2.45) is 0 Å². The van der Waals surface area contributed by atoms with Crippen LogP contribution in [0.3, 0.4) is 0 Å². The molecule has 0 unspecified atom stereocenters. The summed E-state index contributed by atoms with van der Waals surface area (Å²) in [6.07, 6.45) is 0. The fourth-order valence-corrected chi connectivity index (χ4v) is 3.08. The molecule has 6 nitrogen and oxygen atoms in total. The number of hydrogen-bond acceptors (Lipinski definition) is 5. The Morgan fingerprint density at radius 1 is 1.04 bits per heavy atom. The predicted octanol–water partition coefficient (Wildman–Crippen LogP) is 2.47. The molecule has 144 valence electrons. The second-order valence-electron chi connectivity index (χ2n) is 6.49. The maximum Gasteiger partial charge on any atom is 0.251 e. The van der Waals surface area contributed by atoms with E-state index in [9.17, 15) is 4.79 Å². The minimum Gasteiger partial charge on any atom is -0.497 e. The molecule has 1 N–H and O–H groups in total. The van der Waals surface area contributed by atoms with Crippen LogP contribution in [0, 0.1) is 0 Å². The van der Waals surface area contributed by atoms with Gasteiger partial charge in [0.1, 0.15) is 11.5 Å². The van der Waals surface area contributed by atoms with Gasteiger partial charge in [0.2, 0.25) is 0 Å². The van der Waals surface area contributed by atoms with Crippen LogP contribution in [0.15, 0.2) is 42.5 Å². The number of carbonyl (C=O) groups is 1. The molecule has 1 fully saturated rings. The molecule has 0 spiro atoms. The zero-order valence-electron chi connectivity index (χ0n) is 15.9. The van der Waals surface area contributed by atoms with E-state index in [-0.39, 0.29) is 5.91 Å².